The number of hydrogen-bond acceptors (Lipinski definition) is 4. The first-order valence-corrected chi connectivity index (χ1v) is 9.51. The molecule has 2 aromatic rings. The Labute approximate surface area is 182 Å². The van der Waals surface area contributed by atoms with Gasteiger partial charge in [0.1, 0.15) is 5.76 Å². The fraction of sp³-hybridized carbons (Fsp3) is 0.474. The number of halogens is 2. The van der Waals surface area contributed by atoms with Crippen LogP contribution in [0, 0.1) is 0 Å². The molecule has 0 atom stereocenters. The van der Waals surface area contributed by atoms with Gasteiger partial charge in [-0.2, -0.15) is 0 Å². The second kappa shape index (κ2) is 10.2. The van der Waals surface area contributed by atoms with E-state index in [1.807, 2.05) is 12.1 Å². The monoisotopic (exact) mass is 503 g/mol. The summed E-state index contributed by atoms with van der Waals surface area (Å²) < 4.78 is 5.40. The van der Waals surface area contributed by atoms with Crippen LogP contribution in [0.15, 0.2) is 33.8 Å². The van der Waals surface area contributed by atoms with Gasteiger partial charge in [-0.1, -0.05) is 30.6 Å². The van der Waals surface area contributed by atoms with E-state index in [0.717, 1.165) is 61.1 Å². The fourth-order valence-electron chi connectivity index (χ4n) is 3.22. The van der Waals surface area contributed by atoms with E-state index in [-0.39, 0.29) is 24.0 Å². The molecule has 0 amide bonds. The van der Waals surface area contributed by atoms with E-state index in [9.17, 15) is 0 Å². The highest BCUT2D eigenvalue weighted by molar-refractivity contribution is 14.0. The van der Waals surface area contributed by atoms with Crippen molar-refractivity contribution in [1.82, 2.24) is 10.1 Å². The molecule has 1 saturated heterocycles. The van der Waals surface area contributed by atoms with Crippen molar-refractivity contribution in [3.8, 4) is 0 Å². The molecule has 0 unspecified atom stereocenters. The molecule has 148 valence electrons. The van der Waals surface area contributed by atoms with E-state index in [4.69, 9.17) is 21.9 Å². The smallest absolute Gasteiger partial charge is 0.191 e. The molecule has 0 aliphatic carbocycles. The molecule has 6 nitrogen and oxygen atoms in total. The van der Waals surface area contributed by atoms with Crippen LogP contribution in [0.5, 0.6) is 0 Å². The lowest BCUT2D eigenvalue weighted by atomic mass is 10.1. The Balaban J connectivity index is 0.00000261. The average Bonchev–Trinajstić information content (AvgIpc) is 3.09. The number of benzene rings is 1. The van der Waals surface area contributed by atoms with Crippen LogP contribution in [0.25, 0.3) is 0 Å². The van der Waals surface area contributed by atoms with Crippen LogP contribution >= 0.6 is 35.6 Å². The minimum atomic E-state index is 0. The number of hydrogen-bond donors (Lipinski definition) is 1. The zero-order chi connectivity index (χ0) is 18.5. The fourth-order valence-corrected chi connectivity index (χ4v) is 3.35. The predicted octanol–water partition coefficient (Wildman–Crippen LogP) is 3.71. The number of rotatable bonds is 5. The van der Waals surface area contributed by atoms with Crippen LogP contribution in [-0.2, 0) is 19.4 Å². The predicted molar refractivity (Wildman–Crippen MR) is 121 cm³/mol. The zero-order valence-corrected chi connectivity index (χ0v) is 18.9. The van der Waals surface area contributed by atoms with E-state index in [1.165, 1.54) is 5.69 Å². The Morgan fingerprint density at radius 1 is 1.15 bits per heavy atom. The highest BCUT2D eigenvalue weighted by atomic mass is 127. The van der Waals surface area contributed by atoms with Crippen LogP contribution < -0.4 is 10.6 Å². The lowest BCUT2D eigenvalue weighted by molar-refractivity contribution is 0.378. The SMILES string of the molecule is CCc1noc(CC)c1CN=C(N)N1CCN(c2ccc(Cl)cc2)CC1.I. The van der Waals surface area contributed by atoms with Gasteiger partial charge in [0.2, 0.25) is 0 Å². The molecule has 2 N–H and O–H groups in total. The summed E-state index contributed by atoms with van der Waals surface area (Å²) >= 11 is 5.97. The summed E-state index contributed by atoms with van der Waals surface area (Å²) in [6.45, 7) is 8.18. The highest BCUT2D eigenvalue weighted by Crippen LogP contribution is 2.20. The van der Waals surface area contributed by atoms with Gasteiger partial charge in [0.25, 0.3) is 0 Å². The van der Waals surface area contributed by atoms with Crippen molar-refractivity contribution in [1.29, 1.82) is 0 Å². The summed E-state index contributed by atoms with van der Waals surface area (Å²) in [5.41, 5.74) is 9.49. The van der Waals surface area contributed by atoms with Gasteiger partial charge in [0, 0.05) is 48.9 Å². The van der Waals surface area contributed by atoms with Crippen molar-refractivity contribution in [2.45, 2.75) is 33.2 Å². The molecule has 3 rings (SSSR count). The van der Waals surface area contributed by atoms with Crippen LogP contribution in [-0.4, -0.2) is 42.2 Å². The third kappa shape index (κ3) is 5.28. The van der Waals surface area contributed by atoms with Crippen molar-refractivity contribution in [2.75, 3.05) is 31.1 Å². The van der Waals surface area contributed by atoms with Crippen molar-refractivity contribution in [3.05, 3.63) is 46.3 Å². The standard InChI is InChI=1S/C19H26ClN5O.HI/c1-3-17-16(18(4-2)26-23-17)13-22-19(21)25-11-9-24(10-12-25)15-7-5-14(20)6-8-15;/h5-8H,3-4,9-13H2,1-2H3,(H2,21,22);1H. The molecule has 8 heteroatoms. The molecule has 0 saturated carbocycles. The van der Waals surface area contributed by atoms with Crippen LogP contribution in [0.1, 0.15) is 30.9 Å². The number of nitrogens with zero attached hydrogens (tertiary/aromatic N) is 4. The third-order valence-corrected chi connectivity index (χ3v) is 5.05. The molecule has 0 spiro atoms. The van der Waals surface area contributed by atoms with Crippen molar-refractivity contribution in [2.24, 2.45) is 10.7 Å². The molecular formula is C19H27ClIN5O. The van der Waals surface area contributed by atoms with E-state index >= 15 is 0 Å². The summed E-state index contributed by atoms with van der Waals surface area (Å²) in [6.07, 6.45) is 1.66. The van der Waals surface area contributed by atoms with Crippen LogP contribution in [0.4, 0.5) is 5.69 Å². The van der Waals surface area contributed by atoms with Gasteiger partial charge < -0.3 is 20.1 Å². The molecule has 1 aromatic heterocycles. The maximum Gasteiger partial charge on any atom is 0.191 e. The van der Waals surface area contributed by atoms with E-state index in [0.29, 0.717) is 12.5 Å². The van der Waals surface area contributed by atoms with Gasteiger partial charge in [0.15, 0.2) is 5.96 Å². The van der Waals surface area contributed by atoms with E-state index in [1.54, 1.807) is 0 Å². The number of nitrogens with two attached hydrogens (primary N) is 1. The molecule has 0 bridgehead atoms. The van der Waals surface area contributed by atoms with Gasteiger partial charge in [0.05, 0.1) is 12.2 Å². The first-order chi connectivity index (χ1) is 12.6. The Morgan fingerprint density at radius 3 is 2.41 bits per heavy atom. The first-order valence-electron chi connectivity index (χ1n) is 9.14. The van der Waals surface area contributed by atoms with Gasteiger partial charge in [-0.05, 0) is 30.7 Å². The summed E-state index contributed by atoms with van der Waals surface area (Å²) in [4.78, 5) is 9.08. The lowest BCUT2D eigenvalue weighted by Gasteiger charge is -2.36. The summed E-state index contributed by atoms with van der Waals surface area (Å²) in [5, 5.41) is 4.89. The lowest BCUT2D eigenvalue weighted by Crippen LogP contribution is -2.51. The van der Waals surface area contributed by atoms with Gasteiger partial charge in [-0.15, -0.1) is 24.0 Å². The average molecular weight is 504 g/mol. The number of piperazine rings is 1. The number of aryl methyl sites for hydroxylation is 2. The molecule has 1 aliphatic heterocycles. The van der Waals surface area contributed by atoms with Gasteiger partial charge in [-0.3, -0.25) is 0 Å². The van der Waals surface area contributed by atoms with E-state index in [2.05, 4.69) is 45.9 Å². The Bertz CT molecular complexity index is 732. The Hall–Kier alpha value is -1.48. The number of aromatic nitrogens is 1. The largest absolute Gasteiger partial charge is 0.370 e. The Kier molecular flexibility index (Phi) is 8.22. The molecular weight excluding hydrogens is 477 g/mol. The summed E-state index contributed by atoms with van der Waals surface area (Å²) in [6, 6.07) is 7.96. The minimum absolute atomic E-state index is 0. The third-order valence-electron chi connectivity index (χ3n) is 4.80. The van der Waals surface area contributed by atoms with Crippen molar-refractivity contribution in [3.63, 3.8) is 0 Å². The van der Waals surface area contributed by atoms with Crippen LogP contribution in [0.2, 0.25) is 5.02 Å². The second-order valence-electron chi connectivity index (χ2n) is 6.36. The van der Waals surface area contributed by atoms with Gasteiger partial charge >= 0.3 is 0 Å². The molecule has 2 heterocycles. The van der Waals surface area contributed by atoms with Crippen LogP contribution in [0.3, 0.4) is 0 Å². The minimum Gasteiger partial charge on any atom is -0.370 e. The van der Waals surface area contributed by atoms with E-state index < -0.39 is 0 Å². The van der Waals surface area contributed by atoms with Gasteiger partial charge in [-0.25, -0.2) is 4.99 Å². The molecule has 1 aromatic carbocycles. The maximum absolute atomic E-state index is 6.24. The number of anilines is 1. The maximum atomic E-state index is 6.24. The topological polar surface area (TPSA) is 70.9 Å². The number of guanidine groups is 1. The normalized spacial score (nSPS) is 15.0. The molecule has 0 radical (unpaired) electrons. The second-order valence-corrected chi connectivity index (χ2v) is 6.80. The molecule has 1 aliphatic rings. The van der Waals surface area contributed by atoms with Crippen molar-refractivity contribution < 1.29 is 4.52 Å². The summed E-state index contributed by atoms with van der Waals surface area (Å²) in [7, 11) is 0. The highest BCUT2D eigenvalue weighted by Gasteiger charge is 2.19. The molecule has 27 heavy (non-hydrogen) atoms. The first kappa shape index (κ1) is 21.8. The number of aliphatic imine (C=N–C) groups is 1. The summed E-state index contributed by atoms with van der Waals surface area (Å²) in [5.74, 6) is 1.50. The zero-order valence-electron chi connectivity index (χ0n) is 15.8. The Morgan fingerprint density at radius 2 is 1.81 bits per heavy atom. The molecule has 1 fully saturated rings. The van der Waals surface area contributed by atoms with Crippen molar-refractivity contribution >= 4 is 47.2 Å². The quantitative estimate of drug-likeness (QED) is 0.383.